The lowest BCUT2D eigenvalue weighted by Crippen LogP contribution is -2.23. The molecule has 3 heteroatoms. The Kier molecular flexibility index (Phi) is 7.44. The van der Waals surface area contributed by atoms with E-state index in [2.05, 4.69) is 91.3 Å². The zero-order chi connectivity index (χ0) is 19.8. The molecule has 0 spiro atoms. The molecule has 3 nitrogen and oxygen atoms in total. The zero-order valence-corrected chi connectivity index (χ0v) is 17.5. The molecule has 1 aromatic heterocycles. The second kappa shape index (κ2) is 10.2. The fourth-order valence-corrected chi connectivity index (χ4v) is 3.65. The molecule has 3 rings (SSSR count). The summed E-state index contributed by atoms with van der Waals surface area (Å²) in [4.78, 5) is 5.18. The Bertz CT molecular complexity index is 837. The zero-order valence-electron chi connectivity index (χ0n) is 17.5. The minimum absolute atomic E-state index is 0.253. The van der Waals surface area contributed by atoms with Crippen molar-refractivity contribution in [1.82, 2.24) is 14.9 Å². The molecule has 1 N–H and O–H groups in total. The molecule has 148 valence electrons. The van der Waals surface area contributed by atoms with E-state index in [4.69, 9.17) is 4.98 Å². The maximum absolute atomic E-state index is 5.18. The molecular weight excluding hydrogens is 342 g/mol. The van der Waals surface area contributed by atoms with Crippen LogP contribution in [0, 0.1) is 0 Å². The van der Waals surface area contributed by atoms with E-state index >= 15 is 0 Å². The van der Waals surface area contributed by atoms with E-state index < -0.39 is 0 Å². The fraction of sp³-hybridized carbons (Fsp3) is 0.400. The lowest BCUT2D eigenvalue weighted by molar-refractivity contribution is 0.509. The Morgan fingerprint density at radius 2 is 1.46 bits per heavy atom. The molecule has 0 aliphatic heterocycles. The first kappa shape index (κ1) is 20.3. The molecule has 1 heterocycles. The molecule has 0 aliphatic carbocycles. The van der Waals surface area contributed by atoms with Crippen LogP contribution in [0.15, 0.2) is 60.7 Å². The number of nitrogens with zero attached hydrogens (tertiary/aromatic N) is 2. The van der Waals surface area contributed by atoms with Gasteiger partial charge >= 0.3 is 0 Å². The number of aromatic nitrogens is 2. The molecular formula is C25H33N3. The molecule has 1 unspecified atom stereocenters. The normalized spacial score (nSPS) is 12.2. The van der Waals surface area contributed by atoms with Crippen molar-refractivity contribution in [3.63, 3.8) is 0 Å². The number of imidazole rings is 1. The van der Waals surface area contributed by atoms with Gasteiger partial charge in [-0.15, -0.1) is 0 Å². The summed E-state index contributed by atoms with van der Waals surface area (Å²) in [7, 11) is 0. The van der Waals surface area contributed by atoms with Crippen LogP contribution in [-0.2, 0) is 6.54 Å². The highest BCUT2D eigenvalue weighted by molar-refractivity contribution is 5.69. The summed E-state index contributed by atoms with van der Waals surface area (Å²) >= 11 is 0. The van der Waals surface area contributed by atoms with Crippen LogP contribution >= 0.6 is 0 Å². The van der Waals surface area contributed by atoms with Crippen molar-refractivity contribution >= 4 is 0 Å². The van der Waals surface area contributed by atoms with Crippen molar-refractivity contribution < 1.29 is 0 Å². The van der Waals surface area contributed by atoms with Gasteiger partial charge in [-0.25, -0.2) is 4.98 Å². The highest BCUT2D eigenvalue weighted by atomic mass is 15.1. The number of hydrogen-bond acceptors (Lipinski definition) is 2. The maximum atomic E-state index is 5.18. The van der Waals surface area contributed by atoms with Crippen LogP contribution in [0.1, 0.15) is 58.2 Å². The minimum Gasteiger partial charge on any atom is -0.326 e. The molecule has 0 saturated heterocycles. The second-order valence-corrected chi connectivity index (χ2v) is 7.44. The van der Waals surface area contributed by atoms with E-state index in [-0.39, 0.29) is 6.04 Å². The third-order valence-corrected chi connectivity index (χ3v) is 5.21. The van der Waals surface area contributed by atoms with Gasteiger partial charge in [0.1, 0.15) is 5.82 Å². The summed E-state index contributed by atoms with van der Waals surface area (Å²) in [6.07, 6.45) is 4.72. The van der Waals surface area contributed by atoms with E-state index in [1.54, 1.807) is 0 Å². The van der Waals surface area contributed by atoms with Gasteiger partial charge in [-0.05, 0) is 26.3 Å². The van der Waals surface area contributed by atoms with Crippen molar-refractivity contribution in [1.29, 1.82) is 0 Å². The summed E-state index contributed by atoms with van der Waals surface area (Å²) in [5.41, 5.74) is 4.78. The van der Waals surface area contributed by atoms with Crippen molar-refractivity contribution in [2.75, 3.05) is 6.54 Å². The topological polar surface area (TPSA) is 29.9 Å². The average molecular weight is 376 g/mol. The highest BCUT2D eigenvalue weighted by Gasteiger charge is 2.23. The average Bonchev–Trinajstić information content (AvgIpc) is 3.13. The number of benzene rings is 2. The van der Waals surface area contributed by atoms with E-state index in [0.29, 0.717) is 0 Å². The number of hydrogen-bond donors (Lipinski definition) is 1. The second-order valence-electron chi connectivity index (χ2n) is 7.44. The first-order chi connectivity index (χ1) is 13.8. The molecule has 28 heavy (non-hydrogen) atoms. The number of unbranched alkanes of at least 4 members (excludes halogenated alkanes) is 2. The Hall–Kier alpha value is -2.39. The monoisotopic (exact) mass is 375 g/mol. The van der Waals surface area contributed by atoms with Gasteiger partial charge in [0.05, 0.1) is 11.4 Å². The van der Waals surface area contributed by atoms with E-state index in [1.165, 1.54) is 36.1 Å². The van der Waals surface area contributed by atoms with Gasteiger partial charge in [-0.2, -0.15) is 0 Å². The Morgan fingerprint density at radius 3 is 2.07 bits per heavy atom. The SMILES string of the molecule is CCCCNC(C)c1c(-c2ccccc2)nc(-c2ccccc2)n1CCCC. The molecule has 0 aliphatic rings. The van der Waals surface area contributed by atoms with Crippen LogP contribution in [0.4, 0.5) is 0 Å². The Morgan fingerprint density at radius 1 is 0.857 bits per heavy atom. The molecule has 1 atom stereocenters. The third-order valence-electron chi connectivity index (χ3n) is 5.21. The third kappa shape index (κ3) is 4.71. The van der Waals surface area contributed by atoms with Crippen molar-refractivity contribution in [2.24, 2.45) is 0 Å². The summed E-state index contributed by atoms with van der Waals surface area (Å²) in [5.74, 6) is 1.08. The first-order valence-electron chi connectivity index (χ1n) is 10.7. The Labute approximate surface area is 169 Å². The van der Waals surface area contributed by atoms with Crippen LogP contribution in [0.2, 0.25) is 0 Å². The van der Waals surface area contributed by atoms with Gasteiger partial charge in [0.2, 0.25) is 0 Å². The van der Waals surface area contributed by atoms with Crippen LogP contribution < -0.4 is 5.32 Å². The minimum atomic E-state index is 0.253. The fourth-order valence-electron chi connectivity index (χ4n) is 3.65. The quantitative estimate of drug-likeness (QED) is 0.412. The summed E-state index contributed by atoms with van der Waals surface area (Å²) in [5, 5.41) is 3.73. The molecule has 0 amide bonds. The van der Waals surface area contributed by atoms with Gasteiger partial charge in [0.25, 0.3) is 0 Å². The van der Waals surface area contributed by atoms with Gasteiger partial charge < -0.3 is 9.88 Å². The van der Waals surface area contributed by atoms with Gasteiger partial charge in [-0.3, -0.25) is 0 Å². The van der Waals surface area contributed by atoms with E-state index in [0.717, 1.165) is 31.0 Å². The summed E-state index contributed by atoms with van der Waals surface area (Å²) in [6.45, 7) is 8.79. The molecule has 2 aromatic carbocycles. The van der Waals surface area contributed by atoms with Crippen LogP contribution in [-0.4, -0.2) is 16.1 Å². The van der Waals surface area contributed by atoms with Crippen molar-refractivity contribution in [2.45, 2.75) is 59.0 Å². The van der Waals surface area contributed by atoms with Gasteiger partial charge in [-0.1, -0.05) is 87.4 Å². The van der Waals surface area contributed by atoms with Gasteiger partial charge in [0.15, 0.2) is 0 Å². The molecule has 3 aromatic rings. The molecule has 0 radical (unpaired) electrons. The molecule has 0 bridgehead atoms. The van der Waals surface area contributed by atoms with E-state index in [9.17, 15) is 0 Å². The van der Waals surface area contributed by atoms with Crippen molar-refractivity contribution in [3.05, 3.63) is 66.4 Å². The van der Waals surface area contributed by atoms with Crippen LogP contribution in [0.25, 0.3) is 22.6 Å². The summed E-state index contributed by atoms with van der Waals surface area (Å²) in [6, 6.07) is 21.4. The van der Waals surface area contributed by atoms with Crippen LogP contribution in [0.5, 0.6) is 0 Å². The summed E-state index contributed by atoms with van der Waals surface area (Å²) < 4.78 is 2.45. The lowest BCUT2D eigenvalue weighted by Gasteiger charge is -2.19. The smallest absolute Gasteiger partial charge is 0.140 e. The van der Waals surface area contributed by atoms with Gasteiger partial charge in [0, 0.05) is 23.7 Å². The largest absolute Gasteiger partial charge is 0.326 e. The highest BCUT2D eigenvalue weighted by Crippen LogP contribution is 2.33. The van der Waals surface area contributed by atoms with E-state index in [1.807, 2.05) is 0 Å². The first-order valence-corrected chi connectivity index (χ1v) is 10.7. The predicted octanol–water partition coefficient (Wildman–Crippen LogP) is 6.47. The molecule has 0 fully saturated rings. The lowest BCUT2D eigenvalue weighted by atomic mass is 10.1. The number of nitrogens with one attached hydrogen (secondary N) is 1. The maximum Gasteiger partial charge on any atom is 0.140 e. The van der Waals surface area contributed by atoms with Crippen molar-refractivity contribution in [3.8, 4) is 22.6 Å². The number of rotatable bonds is 10. The van der Waals surface area contributed by atoms with Crippen LogP contribution in [0.3, 0.4) is 0 Å². The molecule has 0 saturated carbocycles. The standard InChI is InChI=1S/C25H33N3/c1-4-6-18-26-20(3)24-23(21-14-10-8-11-15-21)27-25(28(24)19-7-5-2)22-16-12-9-13-17-22/h8-17,20,26H,4-7,18-19H2,1-3H3. The predicted molar refractivity (Wildman–Crippen MR) is 119 cm³/mol. The Balaban J connectivity index is 2.12.